The molecule has 1 atom stereocenters. The molecule has 1 aliphatic rings. The molecule has 1 heterocycles. The van der Waals surface area contributed by atoms with Gasteiger partial charge in [-0.1, -0.05) is 18.2 Å². The zero-order chi connectivity index (χ0) is 17.6. The van der Waals surface area contributed by atoms with E-state index in [0.29, 0.717) is 10.0 Å². The molecule has 1 fully saturated rings. The van der Waals surface area contributed by atoms with E-state index in [9.17, 15) is 9.18 Å². The summed E-state index contributed by atoms with van der Waals surface area (Å²) in [4.78, 5) is 13.5. The normalized spacial score (nSPS) is 16.8. The van der Waals surface area contributed by atoms with E-state index in [2.05, 4.69) is 21.2 Å². The van der Waals surface area contributed by atoms with Crippen LogP contribution in [0.5, 0.6) is 0 Å². The summed E-state index contributed by atoms with van der Waals surface area (Å²) in [5, 5.41) is 2.86. The maximum atomic E-state index is 13.6. The van der Waals surface area contributed by atoms with Crippen molar-refractivity contribution >= 4 is 33.6 Å². The lowest BCUT2D eigenvalue weighted by atomic mass is 10.2. The molecule has 0 radical (unpaired) electrons. The number of halogens is 2. The number of ether oxygens (including phenoxy) is 1. The minimum Gasteiger partial charge on any atom is -0.377 e. The summed E-state index contributed by atoms with van der Waals surface area (Å²) in [7, 11) is 0. The zero-order valence-corrected chi connectivity index (χ0v) is 16.0. The Morgan fingerprint density at radius 3 is 2.92 bits per heavy atom. The number of carbonyl (C=O) groups is 1. The van der Waals surface area contributed by atoms with Crippen LogP contribution in [0.4, 0.5) is 4.39 Å². The summed E-state index contributed by atoms with van der Waals surface area (Å²) in [6, 6.07) is 12.4. The fourth-order valence-electron chi connectivity index (χ4n) is 2.67. The van der Waals surface area contributed by atoms with E-state index in [4.69, 9.17) is 4.74 Å². The van der Waals surface area contributed by atoms with Crippen molar-refractivity contribution in [2.75, 3.05) is 12.4 Å². The van der Waals surface area contributed by atoms with Crippen molar-refractivity contribution < 1.29 is 13.9 Å². The molecule has 0 saturated carbocycles. The minimum atomic E-state index is -0.334. The van der Waals surface area contributed by atoms with Gasteiger partial charge in [-0.3, -0.25) is 4.79 Å². The number of benzene rings is 2. The van der Waals surface area contributed by atoms with Crippen LogP contribution in [0.25, 0.3) is 0 Å². The van der Waals surface area contributed by atoms with E-state index < -0.39 is 0 Å². The fourth-order valence-corrected chi connectivity index (χ4v) is 4.03. The second-order valence-corrected chi connectivity index (χ2v) is 7.79. The van der Waals surface area contributed by atoms with Gasteiger partial charge < -0.3 is 10.1 Å². The Hall–Kier alpha value is -1.37. The number of rotatable bonds is 6. The summed E-state index contributed by atoms with van der Waals surface area (Å²) in [6.07, 6.45) is 2.46. The highest BCUT2D eigenvalue weighted by Gasteiger charge is 2.18. The first-order chi connectivity index (χ1) is 12.1. The number of thioether (sulfide) groups is 1. The van der Waals surface area contributed by atoms with Crippen molar-refractivity contribution in [2.45, 2.75) is 30.4 Å². The second kappa shape index (κ2) is 8.83. The maximum Gasteiger partial charge on any atom is 0.252 e. The van der Waals surface area contributed by atoms with Crippen molar-refractivity contribution in [1.29, 1.82) is 0 Å². The highest BCUT2D eigenvalue weighted by molar-refractivity contribution is 9.10. The zero-order valence-electron chi connectivity index (χ0n) is 13.6. The predicted octanol–water partition coefficient (Wildman–Crippen LogP) is 4.79. The number of carbonyl (C=O) groups excluding carboxylic acids is 1. The lowest BCUT2D eigenvalue weighted by Gasteiger charge is -2.12. The largest absolute Gasteiger partial charge is 0.377 e. The van der Waals surface area contributed by atoms with Crippen molar-refractivity contribution in [3.05, 3.63) is 63.9 Å². The van der Waals surface area contributed by atoms with Crippen LogP contribution in [0.1, 0.15) is 28.8 Å². The summed E-state index contributed by atoms with van der Waals surface area (Å²) in [5.41, 5.74) is 1.36. The maximum absolute atomic E-state index is 13.6. The average molecular weight is 424 g/mol. The molecule has 1 aliphatic heterocycles. The van der Waals surface area contributed by atoms with Crippen molar-refractivity contribution in [1.82, 2.24) is 5.32 Å². The molecule has 6 heteroatoms. The quantitative estimate of drug-likeness (QED) is 0.678. The summed E-state index contributed by atoms with van der Waals surface area (Å²) in [6.45, 7) is 1.12. The van der Waals surface area contributed by atoms with Crippen LogP contribution < -0.4 is 5.32 Å². The molecule has 2 aromatic carbocycles. The molecule has 0 aromatic heterocycles. The molecule has 1 N–H and O–H groups in total. The summed E-state index contributed by atoms with van der Waals surface area (Å²) >= 11 is 4.77. The van der Waals surface area contributed by atoms with Gasteiger partial charge in [0.1, 0.15) is 5.82 Å². The van der Waals surface area contributed by atoms with E-state index in [-0.39, 0.29) is 24.4 Å². The van der Waals surface area contributed by atoms with Crippen LogP contribution >= 0.6 is 27.7 Å². The highest BCUT2D eigenvalue weighted by Crippen LogP contribution is 2.27. The van der Waals surface area contributed by atoms with E-state index in [1.165, 1.54) is 6.07 Å². The summed E-state index contributed by atoms with van der Waals surface area (Å²) in [5.74, 6) is 0.361. The average Bonchev–Trinajstić information content (AvgIpc) is 3.14. The van der Waals surface area contributed by atoms with Crippen molar-refractivity contribution in [3.63, 3.8) is 0 Å². The molecular weight excluding hydrogens is 405 g/mol. The Bertz CT molecular complexity index is 750. The van der Waals surface area contributed by atoms with E-state index in [0.717, 1.165) is 35.7 Å². The molecule has 1 amide bonds. The topological polar surface area (TPSA) is 38.3 Å². The molecule has 1 saturated heterocycles. The third-order valence-electron chi connectivity index (χ3n) is 4.02. The van der Waals surface area contributed by atoms with Crippen LogP contribution in [0.2, 0.25) is 0 Å². The summed E-state index contributed by atoms with van der Waals surface area (Å²) < 4.78 is 19.6. The number of amides is 1. The number of hydrogen-bond acceptors (Lipinski definition) is 3. The second-order valence-electron chi connectivity index (χ2n) is 5.87. The molecule has 0 bridgehead atoms. The van der Waals surface area contributed by atoms with Gasteiger partial charge in [-0.25, -0.2) is 4.39 Å². The van der Waals surface area contributed by atoms with Crippen LogP contribution in [0.15, 0.2) is 51.8 Å². The smallest absolute Gasteiger partial charge is 0.252 e. The standard InChI is InChI=1S/C19H19BrFNO2S/c20-16-8-7-13(10-17(16)21)11-22-19(23)15-5-1-2-6-18(15)25-12-14-4-3-9-24-14/h1-2,5-8,10,14H,3-4,9,11-12H2,(H,22,23). The Kier molecular flexibility index (Phi) is 6.51. The fraction of sp³-hybridized carbons (Fsp3) is 0.316. The molecule has 25 heavy (non-hydrogen) atoms. The van der Waals surface area contributed by atoms with E-state index >= 15 is 0 Å². The predicted molar refractivity (Wildman–Crippen MR) is 101 cm³/mol. The van der Waals surface area contributed by atoms with Gasteiger partial charge in [-0.05, 0) is 58.6 Å². The lowest BCUT2D eigenvalue weighted by Crippen LogP contribution is -2.23. The first kappa shape index (κ1) is 18.4. The van der Waals surface area contributed by atoms with Gasteiger partial charge in [0.25, 0.3) is 5.91 Å². The molecule has 3 rings (SSSR count). The van der Waals surface area contributed by atoms with Crippen LogP contribution in [0.3, 0.4) is 0 Å². The Morgan fingerprint density at radius 1 is 1.32 bits per heavy atom. The Morgan fingerprint density at radius 2 is 2.16 bits per heavy atom. The van der Waals surface area contributed by atoms with Crippen LogP contribution in [-0.2, 0) is 11.3 Å². The third kappa shape index (κ3) is 5.06. The minimum absolute atomic E-state index is 0.154. The van der Waals surface area contributed by atoms with Gasteiger partial charge in [0, 0.05) is 23.8 Å². The molecule has 132 valence electrons. The van der Waals surface area contributed by atoms with Gasteiger partial charge >= 0.3 is 0 Å². The van der Waals surface area contributed by atoms with E-state index in [1.54, 1.807) is 23.9 Å². The molecule has 0 aliphatic carbocycles. The molecule has 2 aromatic rings. The monoisotopic (exact) mass is 423 g/mol. The molecule has 0 spiro atoms. The van der Waals surface area contributed by atoms with Gasteiger partial charge in [0.05, 0.1) is 16.1 Å². The lowest BCUT2D eigenvalue weighted by molar-refractivity contribution is 0.0947. The molecule has 3 nitrogen and oxygen atoms in total. The van der Waals surface area contributed by atoms with Gasteiger partial charge in [0.15, 0.2) is 0 Å². The van der Waals surface area contributed by atoms with Gasteiger partial charge in [-0.2, -0.15) is 0 Å². The van der Waals surface area contributed by atoms with Gasteiger partial charge in [-0.15, -0.1) is 11.8 Å². The van der Waals surface area contributed by atoms with E-state index in [1.807, 2.05) is 24.3 Å². The number of hydrogen-bond donors (Lipinski definition) is 1. The first-order valence-corrected chi connectivity index (χ1v) is 9.97. The van der Waals surface area contributed by atoms with Crippen LogP contribution in [-0.4, -0.2) is 24.4 Å². The van der Waals surface area contributed by atoms with Crippen LogP contribution in [0, 0.1) is 5.82 Å². The van der Waals surface area contributed by atoms with Crippen molar-refractivity contribution in [2.24, 2.45) is 0 Å². The highest BCUT2D eigenvalue weighted by atomic mass is 79.9. The first-order valence-electron chi connectivity index (χ1n) is 8.19. The Labute approximate surface area is 159 Å². The number of nitrogens with one attached hydrogen (secondary N) is 1. The Balaban J connectivity index is 1.61. The third-order valence-corrected chi connectivity index (χ3v) is 5.87. The van der Waals surface area contributed by atoms with Crippen molar-refractivity contribution in [3.8, 4) is 0 Å². The SMILES string of the molecule is O=C(NCc1ccc(Br)c(F)c1)c1ccccc1SCC1CCCO1. The molecular formula is C19H19BrFNO2S. The van der Waals surface area contributed by atoms with Gasteiger partial charge in [0.2, 0.25) is 0 Å². The molecule has 1 unspecified atom stereocenters.